The van der Waals surface area contributed by atoms with Gasteiger partial charge in [-0.1, -0.05) is 12.1 Å². The van der Waals surface area contributed by atoms with E-state index in [1.165, 1.54) is 16.2 Å². The molecule has 0 aliphatic heterocycles. The Balaban J connectivity index is 1.73. The van der Waals surface area contributed by atoms with Crippen molar-refractivity contribution in [3.05, 3.63) is 39.9 Å². The van der Waals surface area contributed by atoms with Crippen molar-refractivity contribution >= 4 is 32.7 Å². The van der Waals surface area contributed by atoms with Crippen molar-refractivity contribution in [3.8, 4) is 0 Å². The van der Waals surface area contributed by atoms with Crippen molar-refractivity contribution in [3.63, 3.8) is 0 Å². The van der Waals surface area contributed by atoms with Crippen LogP contribution in [0.3, 0.4) is 0 Å². The van der Waals surface area contributed by atoms with E-state index in [-0.39, 0.29) is 5.41 Å². The smallest absolute Gasteiger partial charge is 0.210 e. The molecule has 0 bridgehead atoms. The fourth-order valence-corrected chi connectivity index (χ4v) is 5.11. The number of sulfonamides is 1. The zero-order valence-electron chi connectivity index (χ0n) is 9.63. The number of rotatable bonds is 5. The van der Waals surface area contributed by atoms with Gasteiger partial charge in [-0.3, -0.25) is 0 Å². The summed E-state index contributed by atoms with van der Waals surface area (Å²) in [7, 11) is -3.33. The molecule has 1 N–H and O–H groups in total. The molecule has 96 valence electrons. The van der Waals surface area contributed by atoms with Gasteiger partial charge in [-0.15, -0.1) is 22.7 Å². The Morgan fingerprint density at radius 1 is 1.17 bits per heavy atom. The topological polar surface area (TPSA) is 46.2 Å². The first kappa shape index (κ1) is 12.3. The Bertz CT molecular complexity index is 610. The van der Waals surface area contributed by atoms with E-state index in [0.717, 1.165) is 12.8 Å². The molecular weight excluding hydrogens is 286 g/mol. The average molecular weight is 299 g/mol. The molecule has 0 unspecified atom stereocenters. The van der Waals surface area contributed by atoms with Crippen molar-refractivity contribution in [2.24, 2.45) is 0 Å². The standard InChI is InChI=1S/C12H13NO2S3/c14-18(15,11-4-2-8-17-11)13-9-12(5-6-12)10-3-1-7-16-10/h1-4,7-8,13H,5-6,9H2. The zero-order chi connectivity index (χ0) is 12.6. The van der Waals surface area contributed by atoms with Crippen molar-refractivity contribution in [1.29, 1.82) is 0 Å². The fourth-order valence-electron chi connectivity index (χ4n) is 1.96. The number of thiophene rings is 2. The van der Waals surface area contributed by atoms with Gasteiger partial charge in [-0.2, -0.15) is 0 Å². The summed E-state index contributed by atoms with van der Waals surface area (Å²) in [5, 5.41) is 3.82. The number of hydrogen-bond acceptors (Lipinski definition) is 4. The molecule has 0 saturated heterocycles. The van der Waals surface area contributed by atoms with Gasteiger partial charge >= 0.3 is 0 Å². The highest BCUT2D eigenvalue weighted by Crippen LogP contribution is 2.49. The van der Waals surface area contributed by atoms with E-state index < -0.39 is 10.0 Å². The third kappa shape index (κ3) is 2.25. The quantitative estimate of drug-likeness (QED) is 0.923. The van der Waals surface area contributed by atoms with Gasteiger partial charge in [0.15, 0.2) is 0 Å². The lowest BCUT2D eigenvalue weighted by atomic mass is 10.1. The van der Waals surface area contributed by atoms with E-state index in [9.17, 15) is 8.42 Å². The minimum Gasteiger partial charge on any atom is -0.210 e. The van der Waals surface area contributed by atoms with Gasteiger partial charge in [0.1, 0.15) is 4.21 Å². The average Bonchev–Trinajstić information content (AvgIpc) is 2.84. The van der Waals surface area contributed by atoms with E-state index >= 15 is 0 Å². The molecule has 2 heterocycles. The minimum absolute atomic E-state index is 0.0541. The van der Waals surface area contributed by atoms with Crippen LogP contribution in [0.15, 0.2) is 39.2 Å². The molecular formula is C12H13NO2S3. The van der Waals surface area contributed by atoms with E-state index in [1.807, 2.05) is 11.4 Å². The first-order chi connectivity index (χ1) is 8.62. The summed E-state index contributed by atoms with van der Waals surface area (Å²) in [6.07, 6.45) is 2.14. The van der Waals surface area contributed by atoms with Crippen LogP contribution < -0.4 is 4.72 Å². The van der Waals surface area contributed by atoms with Gasteiger partial charge in [-0.25, -0.2) is 13.1 Å². The Hall–Kier alpha value is -0.690. The van der Waals surface area contributed by atoms with Gasteiger partial charge in [0.05, 0.1) is 0 Å². The van der Waals surface area contributed by atoms with Crippen LogP contribution in [0.4, 0.5) is 0 Å². The van der Waals surface area contributed by atoms with Crippen LogP contribution in [0.2, 0.25) is 0 Å². The van der Waals surface area contributed by atoms with Crippen molar-refractivity contribution < 1.29 is 8.42 Å². The van der Waals surface area contributed by atoms with E-state index in [2.05, 4.69) is 10.8 Å². The lowest BCUT2D eigenvalue weighted by Gasteiger charge is -2.13. The lowest BCUT2D eigenvalue weighted by Crippen LogP contribution is -2.31. The second-order valence-electron chi connectivity index (χ2n) is 4.51. The van der Waals surface area contributed by atoms with Crippen LogP contribution in [-0.2, 0) is 15.4 Å². The molecule has 0 aromatic carbocycles. The summed E-state index contributed by atoms with van der Waals surface area (Å²) in [6, 6.07) is 7.51. The van der Waals surface area contributed by atoms with Gasteiger partial charge < -0.3 is 0 Å². The second-order valence-corrected chi connectivity index (χ2v) is 8.40. The molecule has 6 heteroatoms. The molecule has 18 heavy (non-hydrogen) atoms. The fraction of sp³-hybridized carbons (Fsp3) is 0.333. The second kappa shape index (κ2) is 4.45. The molecule has 0 radical (unpaired) electrons. The van der Waals surface area contributed by atoms with Crippen LogP contribution in [0.25, 0.3) is 0 Å². The van der Waals surface area contributed by atoms with Gasteiger partial charge in [-0.05, 0) is 35.7 Å². The van der Waals surface area contributed by atoms with Crippen molar-refractivity contribution in [2.45, 2.75) is 22.5 Å². The summed E-state index contributed by atoms with van der Waals surface area (Å²) in [5.41, 5.74) is 0.0541. The summed E-state index contributed by atoms with van der Waals surface area (Å²) < 4.78 is 27.2. The predicted molar refractivity (Wildman–Crippen MR) is 74.7 cm³/mol. The van der Waals surface area contributed by atoms with Gasteiger partial charge in [0.25, 0.3) is 0 Å². The summed E-state index contributed by atoms with van der Waals surface area (Å²) >= 11 is 2.96. The Kier molecular flexibility index (Phi) is 3.05. The van der Waals surface area contributed by atoms with Crippen LogP contribution in [0.1, 0.15) is 17.7 Å². The zero-order valence-corrected chi connectivity index (χ0v) is 12.1. The normalized spacial score (nSPS) is 17.8. The Morgan fingerprint density at radius 2 is 1.89 bits per heavy atom. The monoisotopic (exact) mass is 299 g/mol. The highest BCUT2D eigenvalue weighted by molar-refractivity contribution is 7.91. The third-order valence-corrected chi connectivity index (χ3v) is 7.17. The van der Waals surface area contributed by atoms with Gasteiger partial charge in [0.2, 0.25) is 10.0 Å². The van der Waals surface area contributed by atoms with Crippen molar-refractivity contribution in [1.82, 2.24) is 4.72 Å². The largest absolute Gasteiger partial charge is 0.250 e. The molecule has 1 aliphatic rings. The summed E-state index contributed by atoms with van der Waals surface area (Å²) in [5.74, 6) is 0. The lowest BCUT2D eigenvalue weighted by molar-refractivity contribution is 0.571. The highest BCUT2D eigenvalue weighted by Gasteiger charge is 2.45. The van der Waals surface area contributed by atoms with Crippen LogP contribution in [0.5, 0.6) is 0 Å². The highest BCUT2D eigenvalue weighted by atomic mass is 32.2. The molecule has 2 aromatic heterocycles. The minimum atomic E-state index is -3.33. The maximum Gasteiger partial charge on any atom is 0.250 e. The van der Waals surface area contributed by atoms with E-state index in [0.29, 0.717) is 10.8 Å². The van der Waals surface area contributed by atoms with E-state index in [1.54, 1.807) is 28.8 Å². The Labute approximate surface area is 115 Å². The number of hydrogen-bond donors (Lipinski definition) is 1. The van der Waals surface area contributed by atoms with Crippen molar-refractivity contribution in [2.75, 3.05) is 6.54 Å². The molecule has 0 spiro atoms. The molecule has 1 aliphatic carbocycles. The van der Waals surface area contributed by atoms with Crippen LogP contribution in [0, 0.1) is 0 Å². The van der Waals surface area contributed by atoms with Crippen LogP contribution in [-0.4, -0.2) is 15.0 Å². The molecule has 0 atom stereocenters. The summed E-state index contributed by atoms with van der Waals surface area (Å²) in [6.45, 7) is 0.508. The Morgan fingerprint density at radius 3 is 2.44 bits per heavy atom. The molecule has 2 aromatic rings. The maximum atomic E-state index is 12.0. The molecule has 3 rings (SSSR count). The third-order valence-electron chi connectivity index (χ3n) is 3.26. The first-order valence-corrected chi connectivity index (χ1v) is 8.94. The van der Waals surface area contributed by atoms with Crippen LogP contribution >= 0.6 is 22.7 Å². The van der Waals surface area contributed by atoms with Gasteiger partial charge in [0, 0.05) is 16.8 Å². The first-order valence-electron chi connectivity index (χ1n) is 5.70. The molecule has 0 amide bonds. The maximum absolute atomic E-state index is 12.0. The SMILES string of the molecule is O=S(=O)(NCC1(c2cccs2)CC1)c1cccs1. The molecule has 3 nitrogen and oxygen atoms in total. The van der Waals surface area contributed by atoms with E-state index in [4.69, 9.17) is 0 Å². The number of nitrogens with one attached hydrogen (secondary N) is 1. The predicted octanol–water partition coefficient (Wildman–Crippen LogP) is 2.82. The molecule has 1 fully saturated rings. The summed E-state index contributed by atoms with van der Waals surface area (Å²) in [4.78, 5) is 1.29. The molecule has 1 saturated carbocycles.